The zero-order valence-electron chi connectivity index (χ0n) is 18.9. The van der Waals surface area contributed by atoms with Crippen molar-refractivity contribution in [2.75, 3.05) is 0 Å². The Morgan fingerprint density at radius 3 is 1.97 bits per heavy atom. The fraction of sp³-hybridized carbons (Fsp3) is 0.0909. The van der Waals surface area contributed by atoms with Gasteiger partial charge in [-0.25, -0.2) is 0 Å². The number of furan rings is 1. The van der Waals surface area contributed by atoms with Crippen LogP contribution >= 0.6 is 0 Å². The first-order chi connectivity index (χ1) is 16.8. The van der Waals surface area contributed by atoms with Gasteiger partial charge in [0.05, 0.1) is 5.41 Å². The molecule has 1 heterocycles. The van der Waals surface area contributed by atoms with Gasteiger partial charge in [-0.2, -0.15) is 0 Å². The Labute approximate surface area is 198 Å². The highest BCUT2D eigenvalue weighted by Crippen LogP contribution is 2.65. The Hall–Kier alpha value is -4.10. The molecule has 8 rings (SSSR count). The maximum atomic E-state index is 6.72. The summed E-state index contributed by atoms with van der Waals surface area (Å²) in [4.78, 5) is 0. The Bertz CT molecular complexity index is 1790. The van der Waals surface area contributed by atoms with Crippen LogP contribution < -0.4 is 0 Å². The van der Waals surface area contributed by atoms with Gasteiger partial charge < -0.3 is 4.42 Å². The predicted octanol–water partition coefficient (Wildman–Crippen LogP) is 8.49. The normalized spacial score (nSPS) is 17.2. The molecule has 6 aromatic rings. The van der Waals surface area contributed by atoms with Crippen molar-refractivity contribution in [2.45, 2.75) is 18.8 Å². The van der Waals surface area contributed by atoms with E-state index in [0.717, 1.165) is 17.6 Å². The van der Waals surface area contributed by atoms with Crippen LogP contribution in [-0.2, 0) is 11.8 Å². The average Bonchev–Trinajstić information content (AvgIpc) is 3.52. The molecule has 0 saturated heterocycles. The zero-order chi connectivity index (χ0) is 22.4. The van der Waals surface area contributed by atoms with Crippen LogP contribution in [0.4, 0.5) is 0 Å². The molecule has 0 fully saturated rings. The van der Waals surface area contributed by atoms with Gasteiger partial charge in [-0.05, 0) is 63.1 Å². The molecule has 0 aliphatic heterocycles. The monoisotopic (exact) mass is 434 g/mol. The molecule has 2 aliphatic rings. The van der Waals surface area contributed by atoms with Crippen LogP contribution in [0.15, 0.2) is 108 Å². The molecule has 5 aromatic carbocycles. The first-order valence-electron chi connectivity index (χ1n) is 12.1. The summed E-state index contributed by atoms with van der Waals surface area (Å²) < 4.78 is 6.72. The van der Waals surface area contributed by atoms with E-state index in [0.29, 0.717) is 0 Å². The lowest BCUT2D eigenvalue weighted by molar-refractivity contribution is 0.651. The SMILES string of the molecule is CCc1cccc2c1C1(c3ccccc3-2)c2ccccc2-c2ccc3c(oc4ccccc43)c21. The maximum Gasteiger partial charge on any atom is 0.140 e. The van der Waals surface area contributed by atoms with Gasteiger partial charge in [-0.15, -0.1) is 0 Å². The quantitative estimate of drug-likeness (QED) is 0.252. The predicted molar refractivity (Wildman–Crippen MR) is 139 cm³/mol. The van der Waals surface area contributed by atoms with E-state index in [-0.39, 0.29) is 5.41 Å². The number of fused-ring (bicyclic) bond motifs is 14. The van der Waals surface area contributed by atoms with Gasteiger partial charge in [0.1, 0.15) is 11.2 Å². The molecule has 0 N–H and O–H groups in total. The molecule has 2 aliphatic carbocycles. The summed E-state index contributed by atoms with van der Waals surface area (Å²) in [7, 11) is 0. The molecule has 160 valence electrons. The van der Waals surface area contributed by atoms with Gasteiger partial charge in [0.2, 0.25) is 0 Å². The van der Waals surface area contributed by atoms with Gasteiger partial charge in [0.15, 0.2) is 0 Å². The van der Waals surface area contributed by atoms with E-state index in [1.165, 1.54) is 60.8 Å². The second kappa shape index (κ2) is 6.27. The second-order valence-electron chi connectivity index (χ2n) is 9.50. The highest BCUT2D eigenvalue weighted by Gasteiger charge is 2.54. The Kier molecular flexibility index (Phi) is 3.38. The van der Waals surface area contributed by atoms with Crippen molar-refractivity contribution in [1.29, 1.82) is 0 Å². The summed E-state index contributed by atoms with van der Waals surface area (Å²) in [5, 5.41) is 2.38. The molecular weight excluding hydrogens is 412 g/mol. The smallest absolute Gasteiger partial charge is 0.140 e. The molecule has 1 unspecified atom stereocenters. The summed E-state index contributed by atoms with van der Waals surface area (Å²) in [5.74, 6) is 0. The van der Waals surface area contributed by atoms with E-state index in [9.17, 15) is 0 Å². The second-order valence-corrected chi connectivity index (χ2v) is 9.50. The van der Waals surface area contributed by atoms with E-state index in [2.05, 4.69) is 110 Å². The third kappa shape index (κ3) is 1.94. The molecule has 1 aromatic heterocycles. The van der Waals surface area contributed by atoms with Gasteiger partial charge in [0.25, 0.3) is 0 Å². The first kappa shape index (κ1) is 18.3. The lowest BCUT2D eigenvalue weighted by atomic mass is 9.68. The number of aryl methyl sites for hydroxylation is 1. The van der Waals surface area contributed by atoms with Crippen LogP contribution in [0, 0.1) is 0 Å². The van der Waals surface area contributed by atoms with Crippen molar-refractivity contribution >= 4 is 21.9 Å². The molecule has 1 spiro atoms. The number of rotatable bonds is 1. The Balaban J connectivity index is 1.67. The Morgan fingerprint density at radius 2 is 1.21 bits per heavy atom. The molecular formula is C33H22O. The zero-order valence-corrected chi connectivity index (χ0v) is 18.9. The van der Waals surface area contributed by atoms with Gasteiger partial charge in [0, 0.05) is 16.3 Å². The van der Waals surface area contributed by atoms with Gasteiger partial charge in [-0.1, -0.05) is 97.9 Å². The van der Waals surface area contributed by atoms with E-state index >= 15 is 0 Å². The van der Waals surface area contributed by atoms with Crippen molar-refractivity contribution in [1.82, 2.24) is 0 Å². The summed E-state index contributed by atoms with van der Waals surface area (Å²) >= 11 is 0. The van der Waals surface area contributed by atoms with E-state index in [4.69, 9.17) is 4.42 Å². The van der Waals surface area contributed by atoms with Gasteiger partial charge >= 0.3 is 0 Å². The van der Waals surface area contributed by atoms with Crippen molar-refractivity contribution in [2.24, 2.45) is 0 Å². The van der Waals surface area contributed by atoms with E-state index in [1.807, 2.05) is 0 Å². The fourth-order valence-electron chi connectivity index (χ4n) is 6.85. The van der Waals surface area contributed by atoms with Crippen LogP contribution in [0.5, 0.6) is 0 Å². The highest BCUT2D eigenvalue weighted by molar-refractivity contribution is 6.11. The average molecular weight is 435 g/mol. The minimum Gasteiger partial charge on any atom is -0.456 e. The standard InChI is InChI=1S/C33H22O/c1-2-20-10-9-14-24-21-11-3-6-15-27(21)33(30(20)24)28-16-7-4-12-22(28)25-18-19-26-23-13-5-8-17-29(23)34-32(26)31(25)33/h3-19H,2H2,1H3. The minimum atomic E-state index is -0.377. The number of hydrogen-bond acceptors (Lipinski definition) is 1. The summed E-state index contributed by atoms with van der Waals surface area (Å²) in [6, 6.07) is 37.8. The molecule has 34 heavy (non-hydrogen) atoms. The van der Waals surface area contributed by atoms with Crippen molar-refractivity contribution < 1.29 is 4.42 Å². The largest absolute Gasteiger partial charge is 0.456 e. The van der Waals surface area contributed by atoms with Crippen LogP contribution in [0.1, 0.15) is 34.7 Å². The summed E-state index contributed by atoms with van der Waals surface area (Å²) in [6.45, 7) is 2.27. The third-order valence-corrected chi connectivity index (χ3v) is 8.07. The number of hydrogen-bond donors (Lipinski definition) is 0. The van der Waals surface area contributed by atoms with Crippen molar-refractivity contribution in [3.8, 4) is 22.3 Å². The lowest BCUT2D eigenvalue weighted by Gasteiger charge is -2.32. The van der Waals surface area contributed by atoms with Crippen LogP contribution in [-0.4, -0.2) is 0 Å². The highest BCUT2D eigenvalue weighted by atomic mass is 16.3. The molecule has 1 nitrogen and oxygen atoms in total. The fourth-order valence-corrected chi connectivity index (χ4v) is 6.85. The number of para-hydroxylation sites is 1. The number of benzene rings is 5. The van der Waals surface area contributed by atoms with Gasteiger partial charge in [-0.3, -0.25) is 0 Å². The maximum absolute atomic E-state index is 6.72. The minimum absolute atomic E-state index is 0.377. The van der Waals surface area contributed by atoms with Crippen molar-refractivity contribution in [3.05, 3.63) is 131 Å². The molecule has 0 saturated carbocycles. The Morgan fingerprint density at radius 1 is 0.559 bits per heavy atom. The summed E-state index contributed by atoms with van der Waals surface area (Å²) in [5.41, 5.74) is 13.7. The third-order valence-electron chi connectivity index (χ3n) is 8.07. The van der Waals surface area contributed by atoms with E-state index in [1.54, 1.807) is 0 Å². The molecule has 0 bridgehead atoms. The van der Waals surface area contributed by atoms with Crippen LogP contribution in [0.3, 0.4) is 0 Å². The van der Waals surface area contributed by atoms with E-state index < -0.39 is 0 Å². The van der Waals surface area contributed by atoms with Crippen LogP contribution in [0.2, 0.25) is 0 Å². The lowest BCUT2D eigenvalue weighted by Crippen LogP contribution is -2.27. The van der Waals surface area contributed by atoms with Crippen LogP contribution in [0.25, 0.3) is 44.2 Å². The molecule has 0 amide bonds. The topological polar surface area (TPSA) is 13.1 Å². The first-order valence-corrected chi connectivity index (χ1v) is 12.1. The van der Waals surface area contributed by atoms with Crippen molar-refractivity contribution in [3.63, 3.8) is 0 Å². The molecule has 1 heteroatoms. The molecule has 1 atom stereocenters. The molecule has 0 radical (unpaired) electrons. The summed E-state index contributed by atoms with van der Waals surface area (Å²) in [6.07, 6.45) is 0.993.